The van der Waals surface area contributed by atoms with Crippen LogP contribution in [-0.4, -0.2) is 39.8 Å². The van der Waals surface area contributed by atoms with E-state index in [4.69, 9.17) is 13.9 Å². The first-order chi connectivity index (χ1) is 9.86. The maximum Gasteiger partial charge on any atom is 0.349 e. The highest BCUT2D eigenvalue weighted by Gasteiger charge is 2.54. The van der Waals surface area contributed by atoms with Gasteiger partial charge in [0.1, 0.15) is 0 Å². The maximum atomic E-state index is 12.5. The van der Waals surface area contributed by atoms with Crippen LogP contribution in [0, 0.1) is 5.92 Å². The Labute approximate surface area is 130 Å². The Kier molecular flexibility index (Phi) is 9.53. The van der Waals surface area contributed by atoms with Gasteiger partial charge in [0.25, 0.3) is 5.60 Å². The molecule has 0 aliphatic carbocycles. The van der Waals surface area contributed by atoms with E-state index in [1.165, 1.54) is 0 Å². The average molecular weight is 318 g/mol. The fraction of sp³-hybridized carbons (Fsp3) is 0.867. The van der Waals surface area contributed by atoms with Crippen LogP contribution < -0.4 is 0 Å². The van der Waals surface area contributed by atoms with Gasteiger partial charge < -0.3 is 13.9 Å². The van der Waals surface area contributed by atoms with Crippen LogP contribution in [-0.2, 0) is 23.5 Å². The van der Waals surface area contributed by atoms with Gasteiger partial charge in [-0.2, -0.15) is 0 Å². The molecule has 124 valence electrons. The van der Waals surface area contributed by atoms with Gasteiger partial charge in [0.05, 0.1) is 13.2 Å². The zero-order chi connectivity index (χ0) is 16.5. The molecule has 0 heterocycles. The molecular weight excluding hydrogens is 288 g/mol. The first kappa shape index (κ1) is 20.1. The Morgan fingerprint density at radius 2 is 1.52 bits per heavy atom. The highest BCUT2D eigenvalue weighted by molar-refractivity contribution is 6.49. The van der Waals surface area contributed by atoms with Crippen molar-refractivity contribution in [3.63, 3.8) is 0 Å². The van der Waals surface area contributed by atoms with Gasteiger partial charge >= 0.3 is 11.9 Å². The maximum absolute atomic E-state index is 12.5. The molecule has 0 aliphatic heterocycles. The second-order valence-corrected chi connectivity index (χ2v) is 7.72. The molecule has 0 bridgehead atoms. The van der Waals surface area contributed by atoms with Crippen molar-refractivity contribution in [2.45, 2.75) is 65.7 Å². The summed E-state index contributed by atoms with van der Waals surface area (Å²) in [6, 6.07) is 0. The predicted octanol–water partition coefficient (Wildman–Crippen LogP) is 2.68. The van der Waals surface area contributed by atoms with Gasteiger partial charge in [-0.3, -0.25) is 0 Å². The Morgan fingerprint density at radius 1 is 1.05 bits per heavy atom. The minimum atomic E-state index is -1.65. The SMILES string of the molecule is CCCCC(C)C(O[SiH](C)C)(C(=O)OCC)C(=O)OCC. The minimum absolute atomic E-state index is 0.212. The van der Waals surface area contributed by atoms with Gasteiger partial charge in [0.15, 0.2) is 9.04 Å². The smallest absolute Gasteiger partial charge is 0.349 e. The highest BCUT2D eigenvalue weighted by Crippen LogP contribution is 2.31. The summed E-state index contributed by atoms with van der Waals surface area (Å²) in [7, 11) is -1.65. The molecule has 0 aliphatic rings. The van der Waals surface area contributed by atoms with Gasteiger partial charge in [0.2, 0.25) is 0 Å². The van der Waals surface area contributed by atoms with Crippen molar-refractivity contribution >= 4 is 21.0 Å². The van der Waals surface area contributed by atoms with Crippen LogP contribution in [0.3, 0.4) is 0 Å². The van der Waals surface area contributed by atoms with Crippen LogP contribution in [0.15, 0.2) is 0 Å². The number of carbonyl (C=O) groups is 2. The molecule has 1 unspecified atom stereocenters. The summed E-state index contributed by atoms with van der Waals surface area (Å²) in [5.74, 6) is -1.51. The standard InChI is InChI=1S/C15H30O5Si/c1-7-10-11-12(4)15(20-21(5)6,13(16)18-8-2)14(17)19-9-3/h12,21H,7-11H2,1-6H3. The van der Waals surface area contributed by atoms with E-state index in [0.29, 0.717) is 0 Å². The molecular formula is C15H30O5Si. The Morgan fingerprint density at radius 3 is 1.86 bits per heavy atom. The van der Waals surface area contributed by atoms with Gasteiger partial charge in [0, 0.05) is 5.92 Å². The lowest BCUT2D eigenvalue weighted by Gasteiger charge is -2.36. The van der Waals surface area contributed by atoms with Crippen molar-refractivity contribution in [3.05, 3.63) is 0 Å². The average Bonchev–Trinajstić information content (AvgIpc) is 2.42. The lowest BCUT2D eigenvalue weighted by Crippen LogP contribution is -2.57. The normalized spacial score (nSPS) is 13.1. The molecule has 0 saturated heterocycles. The summed E-state index contributed by atoms with van der Waals surface area (Å²) in [6.07, 6.45) is 2.63. The van der Waals surface area contributed by atoms with E-state index < -0.39 is 26.6 Å². The lowest BCUT2D eigenvalue weighted by atomic mass is 9.85. The molecule has 0 aromatic rings. The number of rotatable bonds is 10. The third-order valence-corrected chi connectivity index (χ3v) is 4.11. The fourth-order valence-corrected chi connectivity index (χ4v) is 3.43. The number of carbonyl (C=O) groups excluding carboxylic acids is 2. The molecule has 0 spiro atoms. The number of unbranched alkanes of at least 4 members (excludes halogenated alkanes) is 1. The van der Waals surface area contributed by atoms with Gasteiger partial charge in [-0.25, -0.2) is 9.59 Å². The Bertz CT molecular complexity index is 312. The fourth-order valence-electron chi connectivity index (χ4n) is 2.26. The molecule has 5 nitrogen and oxygen atoms in total. The first-order valence-electron chi connectivity index (χ1n) is 7.88. The quantitative estimate of drug-likeness (QED) is 0.352. The summed E-state index contributed by atoms with van der Waals surface area (Å²) in [6.45, 7) is 11.7. The molecule has 0 saturated carbocycles. The van der Waals surface area contributed by atoms with Crippen molar-refractivity contribution in [1.29, 1.82) is 0 Å². The molecule has 0 aromatic carbocycles. The van der Waals surface area contributed by atoms with E-state index in [0.717, 1.165) is 19.3 Å². The van der Waals surface area contributed by atoms with Crippen molar-refractivity contribution in [2.24, 2.45) is 5.92 Å². The van der Waals surface area contributed by atoms with Crippen LogP contribution in [0.2, 0.25) is 13.1 Å². The van der Waals surface area contributed by atoms with Crippen molar-refractivity contribution < 1.29 is 23.5 Å². The third kappa shape index (κ3) is 5.43. The van der Waals surface area contributed by atoms with E-state index in [9.17, 15) is 9.59 Å². The first-order valence-corrected chi connectivity index (χ1v) is 10.7. The van der Waals surface area contributed by atoms with Gasteiger partial charge in [-0.1, -0.05) is 26.7 Å². The van der Waals surface area contributed by atoms with E-state index >= 15 is 0 Å². The van der Waals surface area contributed by atoms with Crippen LogP contribution in [0.5, 0.6) is 0 Å². The zero-order valence-electron chi connectivity index (χ0n) is 14.2. The van der Waals surface area contributed by atoms with E-state index in [2.05, 4.69) is 6.92 Å². The second kappa shape index (κ2) is 9.95. The molecule has 0 amide bonds. The monoisotopic (exact) mass is 318 g/mol. The van der Waals surface area contributed by atoms with Crippen LogP contribution >= 0.6 is 0 Å². The van der Waals surface area contributed by atoms with E-state index in [-0.39, 0.29) is 19.1 Å². The lowest BCUT2D eigenvalue weighted by molar-refractivity contribution is -0.186. The Hall–Kier alpha value is -0.883. The van der Waals surface area contributed by atoms with Crippen LogP contribution in [0.4, 0.5) is 0 Å². The molecule has 6 heteroatoms. The number of esters is 2. The number of hydrogen-bond acceptors (Lipinski definition) is 5. The molecule has 0 N–H and O–H groups in total. The van der Waals surface area contributed by atoms with Crippen LogP contribution in [0.1, 0.15) is 47.0 Å². The molecule has 0 fully saturated rings. The molecule has 0 rings (SSSR count). The van der Waals surface area contributed by atoms with E-state index in [1.807, 2.05) is 20.0 Å². The molecule has 0 radical (unpaired) electrons. The Balaban J connectivity index is 5.58. The predicted molar refractivity (Wildman–Crippen MR) is 84.6 cm³/mol. The molecule has 0 aromatic heterocycles. The summed E-state index contributed by atoms with van der Waals surface area (Å²) < 4.78 is 16.2. The van der Waals surface area contributed by atoms with E-state index in [1.54, 1.807) is 13.8 Å². The number of ether oxygens (including phenoxy) is 2. The van der Waals surface area contributed by atoms with Gasteiger partial charge in [-0.15, -0.1) is 0 Å². The summed E-state index contributed by atoms with van der Waals surface area (Å²) in [5.41, 5.74) is -1.61. The van der Waals surface area contributed by atoms with Crippen molar-refractivity contribution in [3.8, 4) is 0 Å². The molecule has 21 heavy (non-hydrogen) atoms. The second-order valence-electron chi connectivity index (χ2n) is 5.39. The third-order valence-electron chi connectivity index (χ3n) is 3.26. The molecule has 1 atom stereocenters. The summed E-state index contributed by atoms with van der Waals surface area (Å²) in [4.78, 5) is 25.0. The summed E-state index contributed by atoms with van der Waals surface area (Å²) >= 11 is 0. The summed E-state index contributed by atoms with van der Waals surface area (Å²) in [5, 5.41) is 0. The van der Waals surface area contributed by atoms with Gasteiger partial charge in [-0.05, 0) is 33.4 Å². The minimum Gasteiger partial charge on any atom is -0.463 e. The number of hydrogen-bond donors (Lipinski definition) is 0. The van der Waals surface area contributed by atoms with Crippen LogP contribution in [0.25, 0.3) is 0 Å². The largest absolute Gasteiger partial charge is 0.463 e. The highest BCUT2D eigenvalue weighted by atomic mass is 28.3. The van der Waals surface area contributed by atoms with Crippen molar-refractivity contribution in [1.82, 2.24) is 0 Å². The topological polar surface area (TPSA) is 61.8 Å². The van der Waals surface area contributed by atoms with Crippen molar-refractivity contribution in [2.75, 3.05) is 13.2 Å². The zero-order valence-corrected chi connectivity index (χ0v) is 15.4.